The van der Waals surface area contributed by atoms with Crippen LogP contribution >= 0.6 is 11.3 Å². The van der Waals surface area contributed by atoms with Gasteiger partial charge in [0.05, 0.1) is 4.88 Å². The van der Waals surface area contributed by atoms with Gasteiger partial charge in [0.2, 0.25) is 0 Å². The molecule has 0 saturated carbocycles. The van der Waals surface area contributed by atoms with E-state index in [1.165, 1.54) is 11.3 Å². The van der Waals surface area contributed by atoms with Crippen LogP contribution in [-0.2, 0) is 0 Å². The van der Waals surface area contributed by atoms with Gasteiger partial charge < -0.3 is 5.32 Å². The highest BCUT2D eigenvalue weighted by Crippen LogP contribution is 2.14. The molecule has 0 unspecified atom stereocenters. The van der Waals surface area contributed by atoms with E-state index in [-0.39, 0.29) is 5.91 Å². The van der Waals surface area contributed by atoms with Gasteiger partial charge in [0.1, 0.15) is 0 Å². The Morgan fingerprint density at radius 3 is 3.00 bits per heavy atom. The van der Waals surface area contributed by atoms with Gasteiger partial charge in [0, 0.05) is 11.4 Å². The maximum Gasteiger partial charge on any atom is 0.261 e. The van der Waals surface area contributed by atoms with Crippen LogP contribution in [0.2, 0.25) is 0 Å². The summed E-state index contributed by atoms with van der Waals surface area (Å²) in [7, 11) is 0. The molecule has 0 aliphatic rings. The van der Waals surface area contributed by atoms with E-state index in [2.05, 4.69) is 11.9 Å². The molecule has 1 aromatic rings. The van der Waals surface area contributed by atoms with Crippen molar-refractivity contribution in [2.24, 2.45) is 0 Å². The number of hydrogen-bond donors (Lipinski definition) is 1. The Bertz CT molecular complexity index is 290. The Kier molecular flexibility index (Phi) is 3.05. The lowest BCUT2D eigenvalue weighted by molar-refractivity contribution is 0.0962. The van der Waals surface area contributed by atoms with Gasteiger partial charge in [-0.05, 0) is 19.1 Å². The topological polar surface area (TPSA) is 29.1 Å². The van der Waals surface area contributed by atoms with Crippen molar-refractivity contribution in [3.63, 3.8) is 0 Å². The number of aryl methyl sites for hydroxylation is 1. The van der Waals surface area contributed by atoms with Gasteiger partial charge in [0.15, 0.2) is 0 Å². The molecule has 1 aromatic heterocycles. The van der Waals surface area contributed by atoms with Crippen molar-refractivity contribution < 1.29 is 4.79 Å². The number of rotatable bonds is 3. The molecule has 1 heterocycles. The molecule has 1 amide bonds. The third-order valence-corrected chi connectivity index (χ3v) is 2.37. The zero-order valence-electron chi connectivity index (χ0n) is 6.96. The lowest BCUT2D eigenvalue weighted by atomic mass is 10.4. The minimum Gasteiger partial charge on any atom is -0.348 e. The molecular formula is C9H11NOS. The second kappa shape index (κ2) is 4.07. The smallest absolute Gasteiger partial charge is 0.261 e. The Morgan fingerprint density at radius 1 is 1.75 bits per heavy atom. The number of amides is 1. The molecule has 0 atom stereocenters. The number of nitrogens with one attached hydrogen (secondary N) is 1. The Labute approximate surface area is 75.9 Å². The maximum absolute atomic E-state index is 11.3. The summed E-state index contributed by atoms with van der Waals surface area (Å²) in [6.45, 7) is 6.02. The van der Waals surface area contributed by atoms with Crippen molar-refractivity contribution >= 4 is 17.2 Å². The van der Waals surface area contributed by atoms with Gasteiger partial charge >= 0.3 is 0 Å². The van der Waals surface area contributed by atoms with Crippen molar-refractivity contribution in [3.8, 4) is 0 Å². The molecule has 0 radical (unpaired) electrons. The van der Waals surface area contributed by atoms with Crippen molar-refractivity contribution in [1.29, 1.82) is 0 Å². The molecule has 0 fully saturated rings. The molecule has 0 aromatic carbocycles. The average molecular weight is 181 g/mol. The summed E-state index contributed by atoms with van der Waals surface area (Å²) in [4.78, 5) is 13.2. The first-order chi connectivity index (χ1) is 5.74. The van der Waals surface area contributed by atoms with Gasteiger partial charge in [-0.15, -0.1) is 17.9 Å². The normalized spacial score (nSPS) is 9.42. The van der Waals surface area contributed by atoms with Crippen LogP contribution in [0.4, 0.5) is 0 Å². The minimum absolute atomic E-state index is 0.0204. The first kappa shape index (κ1) is 9.00. The molecule has 1 rings (SSSR count). The molecular weight excluding hydrogens is 170 g/mol. The fraction of sp³-hybridized carbons (Fsp3) is 0.222. The summed E-state index contributed by atoms with van der Waals surface area (Å²) in [5, 5.41) is 2.72. The van der Waals surface area contributed by atoms with E-state index in [1.807, 2.05) is 19.1 Å². The monoisotopic (exact) mass is 181 g/mol. The molecule has 64 valence electrons. The van der Waals surface area contributed by atoms with E-state index in [0.717, 1.165) is 9.75 Å². The Morgan fingerprint density at radius 2 is 2.50 bits per heavy atom. The lowest BCUT2D eigenvalue weighted by Crippen LogP contribution is -2.21. The van der Waals surface area contributed by atoms with Crippen LogP contribution in [0.15, 0.2) is 24.8 Å². The highest BCUT2D eigenvalue weighted by Gasteiger charge is 2.05. The fourth-order valence-electron chi connectivity index (χ4n) is 0.809. The zero-order valence-corrected chi connectivity index (χ0v) is 7.78. The highest BCUT2D eigenvalue weighted by molar-refractivity contribution is 7.13. The van der Waals surface area contributed by atoms with Crippen LogP contribution in [-0.4, -0.2) is 12.5 Å². The van der Waals surface area contributed by atoms with E-state index >= 15 is 0 Å². The predicted octanol–water partition coefficient (Wildman–Crippen LogP) is 1.97. The third kappa shape index (κ3) is 2.20. The number of thiophene rings is 1. The van der Waals surface area contributed by atoms with Gasteiger partial charge in [0.25, 0.3) is 5.91 Å². The SMILES string of the molecule is C=CCNC(=O)c1ccc(C)s1. The van der Waals surface area contributed by atoms with Gasteiger partial charge in [-0.2, -0.15) is 0 Å². The van der Waals surface area contributed by atoms with E-state index in [1.54, 1.807) is 6.08 Å². The largest absolute Gasteiger partial charge is 0.348 e. The molecule has 12 heavy (non-hydrogen) atoms. The van der Waals surface area contributed by atoms with Crippen molar-refractivity contribution in [2.45, 2.75) is 6.92 Å². The first-order valence-corrected chi connectivity index (χ1v) is 4.51. The number of carbonyl (C=O) groups is 1. The van der Waals surface area contributed by atoms with Gasteiger partial charge in [-0.3, -0.25) is 4.79 Å². The predicted molar refractivity (Wildman–Crippen MR) is 51.6 cm³/mol. The molecule has 0 spiro atoms. The van der Waals surface area contributed by atoms with Crippen LogP contribution in [0.25, 0.3) is 0 Å². The quantitative estimate of drug-likeness (QED) is 0.710. The van der Waals surface area contributed by atoms with E-state index in [0.29, 0.717) is 6.54 Å². The standard InChI is InChI=1S/C9H11NOS/c1-3-6-10-9(11)8-5-4-7(2)12-8/h3-5H,1,6H2,2H3,(H,10,11). The molecule has 0 aliphatic carbocycles. The molecule has 0 aliphatic heterocycles. The molecule has 1 N–H and O–H groups in total. The van der Waals surface area contributed by atoms with Gasteiger partial charge in [-0.1, -0.05) is 6.08 Å². The molecule has 3 heteroatoms. The maximum atomic E-state index is 11.3. The minimum atomic E-state index is -0.0204. The molecule has 2 nitrogen and oxygen atoms in total. The second-order valence-corrected chi connectivity index (χ2v) is 3.70. The summed E-state index contributed by atoms with van der Waals surface area (Å²) in [6.07, 6.45) is 1.67. The summed E-state index contributed by atoms with van der Waals surface area (Å²) in [5.74, 6) is -0.0204. The summed E-state index contributed by atoms with van der Waals surface area (Å²) in [5.41, 5.74) is 0. The summed E-state index contributed by atoms with van der Waals surface area (Å²) < 4.78 is 0. The number of hydrogen-bond acceptors (Lipinski definition) is 2. The van der Waals surface area contributed by atoms with Crippen LogP contribution < -0.4 is 5.32 Å². The molecule has 0 saturated heterocycles. The average Bonchev–Trinajstić information content (AvgIpc) is 2.47. The van der Waals surface area contributed by atoms with E-state index in [4.69, 9.17) is 0 Å². The third-order valence-electron chi connectivity index (χ3n) is 1.37. The van der Waals surface area contributed by atoms with Crippen LogP contribution in [0.3, 0.4) is 0 Å². The van der Waals surface area contributed by atoms with Crippen LogP contribution in [0.1, 0.15) is 14.5 Å². The Balaban J connectivity index is 2.59. The lowest BCUT2D eigenvalue weighted by Gasteiger charge is -1.97. The highest BCUT2D eigenvalue weighted by atomic mass is 32.1. The zero-order chi connectivity index (χ0) is 8.97. The van der Waals surface area contributed by atoms with Crippen molar-refractivity contribution in [2.75, 3.05) is 6.54 Å². The summed E-state index contributed by atoms with van der Waals surface area (Å²) in [6, 6.07) is 3.77. The van der Waals surface area contributed by atoms with Crippen molar-refractivity contribution in [3.05, 3.63) is 34.5 Å². The van der Waals surface area contributed by atoms with Crippen LogP contribution in [0, 0.1) is 6.92 Å². The van der Waals surface area contributed by atoms with Gasteiger partial charge in [-0.25, -0.2) is 0 Å². The fourth-order valence-corrected chi connectivity index (χ4v) is 1.59. The molecule has 0 bridgehead atoms. The van der Waals surface area contributed by atoms with E-state index < -0.39 is 0 Å². The van der Waals surface area contributed by atoms with E-state index in [9.17, 15) is 4.79 Å². The second-order valence-electron chi connectivity index (χ2n) is 2.41. The van der Waals surface area contributed by atoms with Crippen LogP contribution in [0.5, 0.6) is 0 Å². The van der Waals surface area contributed by atoms with Crippen molar-refractivity contribution in [1.82, 2.24) is 5.32 Å². The number of carbonyl (C=O) groups excluding carboxylic acids is 1. The summed E-state index contributed by atoms with van der Waals surface area (Å²) >= 11 is 1.50. The Hall–Kier alpha value is -1.09. The first-order valence-electron chi connectivity index (χ1n) is 3.69.